The monoisotopic (exact) mass is 522 g/mol. The molecule has 0 radical (unpaired) electrons. The van der Waals surface area contributed by atoms with Crippen LogP contribution in [0.4, 0.5) is 21.8 Å². The topological polar surface area (TPSA) is 101 Å². The summed E-state index contributed by atoms with van der Waals surface area (Å²) >= 11 is 0. The highest BCUT2D eigenvalue weighted by Crippen LogP contribution is 2.43. The molecule has 2 atom stereocenters. The molecule has 1 aromatic carbocycles. The van der Waals surface area contributed by atoms with Crippen molar-refractivity contribution in [2.45, 2.75) is 70.6 Å². The van der Waals surface area contributed by atoms with Gasteiger partial charge >= 0.3 is 0 Å². The molecule has 1 saturated carbocycles. The lowest BCUT2D eigenvalue weighted by Gasteiger charge is -2.40. The maximum absolute atomic E-state index is 13.2. The lowest BCUT2D eigenvalue weighted by Crippen LogP contribution is -2.42. The first kappa shape index (κ1) is 25.9. The molecule has 0 unspecified atom stereocenters. The van der Waals surface area contributed by atoms with E-state index in [0.29, 0.717) is 42.0 Å². The van der Waals surface area contributed by atoms with Crippen molar-refractivity contribution in [1.29, 1.82) is 0 Å². The zero-order valence-electron chi connectivity index (χ0n) is 22.4. The highest BCUT2D eigenvalue weighted by atomic mass is 19.1. The molecule has 38 heavy (non-hydrogen) atoms. The van der Waals surface area contributed by atoms with E-state index in [0.717, 1.165) is 36.6 Å². The van der Waals surface area contributed by atoms with Gasteiger partial charge in [-0.05, 0) is 50.8 Å². The number of halogens is 1. The normalized spacial score (nSPS) is 17.6. The van der Waals surface area contributed by atoms with Crippen LogP contribution >= 0.6 is 0 Å². The second-order valence-electron chi connectivity index (χ2n) is 10.1. The van der Waals surface area contributed by atoms with Crippen LogP contribution in [0.5, 0.6) is 5.75 Å². The van der Waals surface area contributed by atoms with Crippen molar-refractivity contribution in [2.75, 3.05) is 30.9 Å². The van der Waals surface area contributed by atoms with Crippen molar-refractivity contribution < 1.29 is 13.9 Å². The fourth-order valence-corrected chi connectivity index (χ4v) is 5.45. The first-order valence-corrected chi connectivity index (χ1v) is 13.3. The van der Waals surface area contributed by atoms with Crippen LogP contribution in [0.1, 0.15) is 74.6 Å². The number of alkyl halides is 1. The lowest BCUT2D eigenvalue weighted by molar-refractivity contribution is 0.0784. The SMILES string of the molecule is CC[C@@H]1c2nncn2-c2cnc(Nc3ccc(C(=O)N(C)CC[C@@H](C)F)cc3OC)nc2N1C1CCCC1. The molecule has 2 aliphatic rings. The second kappa shape index (κ2) is 10.9. The van der Waals surface area contributed by atoms with Crippen molar-refractivity contribution in [1.82, 2.24) is 29.6 Å². The molecule has 1 N–H and O–H groups in total. The van der Waals surface area contributed by atoms with E-state index in [1.807, 2.05) is 4.57 Å². The molecule has 3 aromatic rings. The summed E-state index contributed by atoms with van der Waals surface area (Å²) in [5, 5.41) is 11.9. The van der Waals surface area contributed by atoms with Gasteiger partial charge in [0.2, 0.25) is 5.95 Å². The van der Waals surface area contributed by atoms with Gasteiger partial charge in [-0.3, -0.25) is 9.36 Å². The zero-order valence-corrected chi connectivity index (χ0v) is 22.4. The molecule has 1 aliphatic carbocycles. The number of benzene rings is 1. The molecule has 2 aromatic heterocycles. The molecular formula is C27H35FN8O2. The van der Waals surface area contributed by atoms with E-state index < -0.39 is 6.17 Å². The largest absolute Gasteiger partial charge is 0.495 e. The van der Waals surface area contributed by atoms with Crippen molar-refractivity contribution in [3.8, 4) is 11.4 Å². The molecule has 1 amide bonds. The van der Waals surface area contributed by atoms with E-state index in [-0.39, 0.29) is 11.9 Å². The zero-order chi connectivity index (χ0) is 26.8. The predicted octanol–water partition coefficient (Wildman–Crippen LogP) is 4.84. The Hall–Kier alpha value is -3.76. The van der Waals surface area contributed by atoms with Gasteiger partial charge in [0.15, 0.2) is 11.6 Å². The van der Waals surface area contributed by atoms with Crippen LogP contribution in [-0.2, 0) is 0 Å². The summed E-state index contributed by atoms with van der Waals surface area (Å²) in [5.74, 6) is 2.52. The van der Waals surface area contributed by atoms with Crippen LogP contribution in [-0.4, -0.2) is 68.5 Å². The summed E-state index contributed by atoms with van der Waals surface area (Å²) in [6, 6.07) is 5.67. The number of ether oxygens (including phenoxy) is 1. The molecule has 0 saturated heterocycles. The first-order valence-electron chi connectivity index (χ1n) is 13.3. The van der Waals surface area contributed by atoms with E-state index in [4.69, 9.17) is 9.72 Å². The Labute approximate surface area is 222 Å². The number of nitrogens with zero attached hydrogens (tertiary/aromatic N) is 7. The molecular weight excluding hydrogens is 487 g/mol. The molecule has 5 rings (SSSR count). The smallest absolute Gasteiger partial charge is 0.253 e. The summed E-state index contributed by atoms with van der Waals surface area (Å²) in [6.07, 6.45) is 8.42. The number of hydrogen-bond acceptors (Lipinski definition) is 8. The highest BCUT2D eigenvalue weighted by Gasteiger charge is 2.38. The van der Waals surface area contributed by atoms with Gasteiger partial charge in [-0.2, -0.15) is 4.98 Å². The maximum atomic E-state index is 13.2. The van der Waals surface area contributed by atoms with Gasteiger partial charge in [0.25, 0.3) is 5.91 Å². The molecule has 0 spiro atoms. The average Bonchev–Trinajstić information content (AvgIpc) is 3.63. The molecule has 202 valence electrons. The third-order valence-corrected chi connectivity index (χ3v) is 7.47. The lowest BCUT2D eigenvalue weighted by atomic mass is 10.0. The number of carbonyl (C=O) groups excluding carboxylic acids is 1. The first-order chi connectivity index (χ1) is 18.4. The summed E-state index contributed by atoms with van der Waals surface area (Å²) in [4.78, 5) is 26.3. The van der Waals surface area contributed by atoms with Crippen molar-refractivity contribution >= 4 is 23.4 Å². The van der Waals surface area contributed by atoms with Gasteiger partial charge in [0.05, 0.1) is 31.2 Å². The third kappa shape index (κ3) is 4.89. The van der Waals surface area contributed by atoms with Crippen LogP contribution in [0.3, 0.4) is 0 Å². The van der Waals surface area contributed by atoms with E-state index in [1.54, 1.807) is 44.9 Å². The van der Waals surface area contributed by atoms with E-state index >= 15 is 0 Å². The van der Waals surface area contributed by atoms with E-state index in [2.05, 4.69) is 32.3 Å². The number of fused-ring (bicyclic) bond motifs is 3. The van der Waals surface area contributed by atoms with Crippen LogP contribution < -0.4 is 15.0 Å². The second-order valence-corrected chi connectivity index (χ2v) is 10.1. The van der Waals surface area contributed by atoms with Crippen LogP contribution in [0.25, 0.3) is 5.69 Å². The van der Waals surface area contributed by atoms with Gasteiger partial charge in [-0.15, -0.1) is 10.2 Å². The minimum absolute atomic E-state index is 0.0908. The number of aromatic nitrogens is 5. The van der Waals surface area contributed by atoms with Crippen LogP contribution in [0.2, 0.25) is 0 Å². The Balaban J connectivity index is 1.44. The number of carbonyl (C=O) groups is 1. The number of amides is 1. The summed E-state index contributed by atoms with van der Waals surface area (Å²) < 4.78 is 20.8. The summed E-state index contributed by atoms with van der Waals surface area (Å²) in [6.45, 7) is 4.00. The maximum Gasteiger partial charge on any atom is 0.253 e. The van der Waals surface area contributed by atoms with Crippen molar-refractivity contribution in [3.63, 3.8) is 0 Å². The summed E-state index contributed by atoms with van der Waals surface area (Å²) in [5.41, 5.74) is 1.97. The Morgan fingerprint density at radius 1 is 1.32 bits per heavy atom. The number of rotatable bonds is 9. The average molecular weight is 523 g/mol. The molecule has 1 aliphatic heterocycles. The number of anilines is 3. The minimum atomic E-state index is -0.961. The quantitative estimate of drug-likeness (QED) is 0.426. The number of methoxy groups -OCH3 is 1. The Morgan fingerprint density at radius 3 is 2.82 bits per heavy atom. The van der Waals surface area contributed by atoms with E-state index in [1.165, 1.54) is 24.7 Å². The van der Waals surface area contributed by atoms with Gasteiger partial charge in [0.1, 0.15) is 17.8 Å². The Kier molecular flexibility index (Phi) is 7.44. The third-order valence-electron chi connectivity index (χ3n) is 7.47. The Morgan fingerprint density at radius 2 is 2.11 bits per heavy atom. The number of nitrogens with one attached hydrogen (secondary N) is 1. The molecule has 0 bridgehead atoms. The fourth-order valence-electron chi connectivity index (χ4n) is 5.45. The highest BCUT2D eigenvalue weighted by molar-refractivity contribution is 5.95. The van der Waals surface area contributed by atoms with Crippen LogP contribution in [0.15, 0.2) is 30.7 Å². The van der Waals surface area contributed by atoms with Gasteiger partial charge in [0, 0.05) is 25.2 Å². The van der Waals surface area contributed by atoms with Gasteiger partial charge < -0.3 is 19.9 Å². The Bertz CT molecular complexity index is 1290. The molecule has 10 nitrogen and oxygen atoms in total. The van der Waals surface area contributed by atoms with Crippen LogP contribution in [0, 0.1) is 0 Å². The summed E-state index contributed by atoms with van der Waals surface area (Å²) in [7, 11) is 3.23. The van der Waals surface area contributed by atoms with Gasteiger partial charge in [-0.1, -0.05) is 19.8 Å². The molecule has 3 heterocycles. The van der Waals surface area contributed by atoms with Crippen molar-refractivity contribution in [2.24, 2.45) is 0 Å². The minimum Gasteiger partial charge on any atom is -0.495 e. The predicted molar refractivity (Wildman–Crippen MR) is 143 cm³/mol. The fraction of sp³-hybridized carbons (Fsp3) is 0.519. The number of hydrogen-bond donors (Lipinski definition) is 1. The molecule has 11 heteroatoms. The molecule has 1 fully saturated rings. The standard InChI is InChI=1S/C27H35FN8O2/c1-5-21-25-33-30-16-35(25)22-15-29-27(32-24(22)36(21)19-8-6-7-9-19)31-20-11-10-18(14-23(20)38-4)26(37)34(3)13-12-17(2)28/h10-11,14-17,19,21H,5-9,12-13H2,1-4H3,(H,29,31,32)/t17-,21-/m1/s1. The van der Waals surface area contributed by atoms with E-state index in [9.17, 15) is 9.18 Å². The van der Waals surface area contributed by atoms with Crippen molar-refractivity contribution in [3.05, 3.63) is 42.1 Å². The van der Waals surface area contributed by atoms with Gasteiger partial charge in [-0.25, -0.2) is 9.37 Å².